The van der Waals surface area contributed by atoms with Crippen molar-refractivity contribution in [3.8, 4) is 0 Å². The number of carbonyl (C=O) groups is 2. The summed E-state index contributed by atoms with van der Waals surface area (Å²) in [6.07, 6.45) is -0.857. The number of thioether (sulfide) groups is 1. The summed E-state index contributed by atoms with van der Waals surface area (Å²) in [6.45, 7) is 5.48. The lowest BCUT2D eigenvalue weighted by molar-refractivity contribution is -0.150. The number of ether oxygens (including phenoxy) is 1. The highest BCUT2D eigenvalue weighted by molar-refractivity contribution is 7.99. The van der Waals surface area contributed by atoms with Gasteiger partial charge in [-0.25, -0.2) is 0 Å². The molecule has 138 valence electrons. The van der Waals surface area contributed by atoms with E-state index in [1.54, 1.807) is 6.92 Å². The highest BCUT2D eigenvalue weighted by Crippen LogP contribution is 2.21. The highest BCUT2D eigenvalue weighted by Gasteiger charge is 2.18. The topological polar surface area (TPSA) is 55.4 Å². The normalized spacial score (nSPS) is 11.7. The first kappa shape index (κ1) is 20.3. The SMILES string of the molecule is Cc1ccc(NC(=O)[C@H](C)OC(=O)CSCc2ccccc2Cl)c(C)c1. The molecule has 0 saturated heterocycles. The number of halogens is 1. The summed E-state index contributed by atoms with van der Waals surface area (Å²) in [6, 6.07) is 13.2. The fourth-order valence-electron chi connectivity index (χ4n) is 2.33. The Morgan fingerprint density at radius 2 is 1.92 bits per heavy atom. The van der Waals surface area contributed by atoms with Crippen LogP contribution >= 0.6 is 23.4 Å². The van der Waals surface area contributed by atoms with Crippen LogP contribution in [0.4, 0.5) is 5.69 Å². The van der Waals surface area contributed by atoms with Crippen LogP contribution in [0.1, 0.15) is 23.6 Å². The van der Waals surface area contributed by atoms with Gasteiger partial charge in [-0.1, -0.05) is 47.5 Å². The molecule has 2 aromatic carbocycles. The van der Waals surface area contributed by atoms with Crippen molar-refractivity contribution in [2.45, 2.75) is 32.6 Å². The Labute approximate surface area is 163 Å². The van der Waals surface area contributed by atoms with Crippen molar-refractivity contribution in [2.24, 2.45) is 0 Å². The molecule has 1 atom stereocenters. The summed E-state index contributed by atoms with van der Waals surface area (Å²) < 4.78 is 5.21. The number of esters is 1. The summed E-state index contributed by atoms with van der Waals surface area (Å²) in [5, 5.41) is 3.47. The molecular formula is C20H22ClNO3S. The van der Waals surface area contributed by atoms with Crippen LogP contribution in [-0.2, 0) is 20.1 Å². The molecule has 4 nitrogen and oxygen atoms in total. The van der Waals surface area contributed by atoms with E-state index in [4.69, 9.17) is 16.3 Å². The number of hydrogen-bond donors (Lipinski definition) is 1. The van der Waals surface area contributed by atoms with Gasteiger partial charge in [-0.05, 0) is 44.0 Å². The molecule has 0 radical (unpaired) electrons. The summed E-state index contributed by atoms with van der Waals surface area (Å²) in [4.78, 5) is 24.2. The monoisotopic (exact) mass is 391 g/mol. The first-order chi connectivity index (χ1) is 12.4. The van der Waals surface area contributed by atoms with E-state index in [1.165, 1.54) is 11.8 Å². The molecule has 0 aliphatic carbocycles. The maximum Gasteiger partial charge on any atom is 0.316 e. The van der Waals surface area contributed by atoms with E-state index in [0.29, 0.717) is 10.8 Å². The van der Waals surface area contributed by atoms with Gasteiger partial charge >= 0.3 is 5.97 Å². The molecule has 1 N–H and O–H groups in total. The fourth-order valence-corrected chi connectivity index (χ4v) is 3.42. The van der Waals surface area contributed by atoms with Crippen LogP contribution in [0.2, 0.25) is 5.02 Å². The van der Waals surface area contributed by atoms with Gasteiger partial charge in [0.25, 0.3) is 5.91 Å². The van der Waals surface area contributed by atoms with E-state index >= 15 is 0 Å². The molecule has 2 rings (SSSR count). The minimum atomic E-state index is -0.857. The third-order valence-electron chi connectivity index (χ3n) is 3.75. The number of anilines is 1. The zero-order valence-corrected chi connectivity index (χ0v) is 16.6. The van der Waals surface area contributed by atoms with Crippen LogP contribution < -0.4 is 5.32 Å². The number of rotatable bonds is 7. The predicted octanol–water partition coefficient (Wildman–Crippen LogP) is 4.76. The molecule has 0 aliphatic heterocycles. The molecule has 0 bridgehead atoms. The Morgan fingerprint density at radius 1 is 1.19 bits per heavy atom. The van der Waals surface area contributed by atoms with Crippen LogP contribution in [-0.4, -0.2) is 23.7 Å². The molecular weight excluding hydrogens is 370 g/mol. The molecule has 0 saturated carbocycles. The van der Waals surface area contributed by atoms with Gasteiger partial charge in [0.05, 0.1) is 5.75 Å². The lowest BCUT2D eigenvalue weighted by Crippen LogP contribution is -2.30. The van der Waals surface area contributed by atoms with E-state index < -0.39 is 12.1 Å². The van der Waals surface area contributed by atoms with E-state index in [1.807, 2.05) is 56.3 Å². The molecule has 0 unspecified atom stereocenters. The van der Waals surface area contributed by atoms with Gasteiger partial charge in [0, 0.05) is 16.5 Å². The molecule has 0 fully saturated rings. The van der Waals surface area contributed by atoms with Gasteiger partial charge in [0.15, 0.2) is 6.10 Å². The Morgan fingerprint density at radius 3 is 2.62 bits per heavy atom. The van der Waals surface area contributed by atoms with E-state index in [-0.39, 0.29) is 11.7 Å². The van der Waals surface area contributed by atoms with Crippen molar-refractivity contribution in [3.63, 3.8) is 0 Å². The van der Waals surface area contributed by atoms with Gasteiger partial charge in [-0.15, -0.1) is 11.8 Å². The second-order valence-electron chi connectivity index (χ2n) is 6.02. The van der Waals surface area contributed by atoms with Crippen molar-refractivity contribution in [1.29, 1.82) is 0 Å². The molecule has 0 aromatic heterocycles. The Balaban J connectivity index is 1.78. The zero-order chi connectivity index (χ0) is 19.1. The number of hydrogen-bond acceptors (Lipinski definition) is 4. The molecule has 6 heteroatoms. The highest BCUT2D eigenvalue weighted by atomic mass is 35.5. The minimum absolute atomic E-state index is 0.159. The second kappa shape index (κ2) is 9.64. The largest absolute Gasteiger partial charge is 0.452 e. The maximum atomic E-state index is 12.2. The number of benzene rings is 2. The summed E-state index contributed by atoms with van der Waals surface area (Å²) in [5.74, 6) is -0.00337. The van der Waals surface area contributed by atoms with E-state index in [9.17, 15) is 9.59 Å². The summed E-state index contributed by atoms with van der Waals surface area (Å²) >= 11 is 7.48. The number of amides is 1. The summed E-state index contributed by atoms with van der Waals surface area (Å²) in [5.41, 5.74) is 3.77. The molecule has 26 heavy (non-hydrogen) atoms. The Hall–Kier alpha value is -1.98. The molecule has 0 heterocycles. The lowest BCUT2D eigenvalue weighted by atomic mass is 10.1. The van der Waals surface area contributed by atoms with Crippen molar-refractivity contribution < 1.29 is 14.3 Å². The molecule has 1 amide bonds. The first-order valence-corrected chi connectivity index (χ1v) is 9.79. The van der Waals surface area contributed by atoms with Gasteiger partial charge in [0.2, 0.25) is 0 Å². The van der Waals surface area contributed by atoms with Gasteiger partial charge in [-0.3, -0.25) is 9.59 Å². The lowest BCUT2D eigenvalue weighted by Gasteiger charge is -2.15. The van der Waals surface area contributed by atoms with Crippen LogP contribution in [0, 0.1) is 13.8 Å². The van der Waals surface area contributed by atoms with Gasteiger partial charge in [-0.2, -0.15) is 0 Å². The van der Waals surface area contributed by atoms with Crippen LogP contribution in [0.25, 0.3) is 0 Å². The average Bonchev–Trinajstić information content (AvgIpc) is 2.59. The van der Waals surface area contributed by atoms with E-state index in [0.717, 1.165) is 22.4 Å². The van der Waals surface area contributed by atoms with Crippen molar-refractivity contribution >= 4 is 40.9 Å². The second-order valence-corrected chi connectivity index (χ2v) is 7.42. The average molecular weight is 392 g/mol. The van der Waals surface area contributed by atoms with Crippen LogP contribution in [0.3, 0.4) is 0 Å². The molecule has 0 spiro atoms. The quantitative estimate of drug-likeness (QED) is 0.691. The summed E-state index contributed by atoms with van der Waals surface area (Å²) in [7, 11) is 0. The number of aryl methyl sites for hydroxylation is 2. The van der Waals surface area contributed by atoms with E-state index in [2.05, 4.69) is 5.32 Å². The zero-order valence-electron chi connectivity index (χ0n) is 15.0. The van der Waals surface area contributed by atoms with Crippen molar-refractivity contribution in [1.82, 2.24) is 0 Å². The predicted molar refractivity (Wildman–Crippen MR) is 108 cm³/mol. The van der Waals surface area contributed by atoms with Crippen LogP contribution in [0.15, 0.2) is 42.5 Å². The molecule has 0 aliphatic rings. The standard InChI is InChI=1S/C20H22ClNO3S/c1-13-8-9-18(14(2)10-13)22-20(24)15(3)25-19(23)12-26-11-16-6-4-5-7-17(16)21/h4-10,15H,11-12H2,1-3H3,(H,22,24)/t15-/m0/s1. The minimum Gasteiger partial charge on any atom is -0.452 e. The Kier molecular flexibility index (Phi) is 7.54. The van der Waals surface area contributed by atoms with Crippen LogP contribution in [0.5, 0.6) is 0 Å². The first-order valence-electron chi connectivity index (χ1n) is 8.25. The third kappa shape index (κ3) is 6.07. The Bertz CT molecular complexity index is 794. The van der Waals surface area contributed by atoms with Gasteiger partial charge < -0.3 is 10.1 Å². The fraction of sp³-hybridized carbons (Fsp3) is 0.300. The van der Waals surface area contributed by atoms with Crippen molar-refractivity contribution in [2.75, 3.05) is 11.1 Å². The third-order valence-corrected chi connectivity index (χ3v) is 5.08. The van der Waals surface area contributed by atoms with Crippen molar-refractivity contribution in [3.05, 3.63) is 64.2 Å². The smallest absolute Gasteiger partial charge is 0.316 e. The maximum absolute atomic E-state index is 12.2. The number of nitrogens with one attached hydrogen (secondary N) is 1. The number of carbonyl (C=O) groups excluding carboxylic acids is 2. The molecule has 2 aromatic rings. The van der Waals surface area contributed by atoms with Gasteiger partial charge in [0.1, 0.15) is 0 Å².